The highest BCUT2D eigenvalue weighted by molar-refractivity contribution is 5.17. The first-order valence-corrected chi connectivity index (χ1v) is 6.35. The van der Waals surface area contributed by atoms with Gasteiger partial charge in [-0.25, -0.2) is 0 Å². The van der Waals surface area contributed by atoms with Gasteiger partial charge in [0.2, 0.25) is 0 Å². The summed E-state index contributed by atoms with van der Waals surface area (Å²) in [7, 11) is 2.00. The largest absolute Gasteiger partial charge is 0.361 e. The molecule has 0 bridgehead atoms. The van der Waals surface area contributed by atoms with Crippen molar-refractivity contribution in [1.29, 1.82) is 0 Å². The van der Waals surface area contributed by atoms with E-state index in [2.05, 4.69) is 47.3 Å². The third kappa shape index (κ3) is 2.82. The Morgan fingerprint density at radius 3 is 2.78 bits per heavy atom. The van der Waals surface area contributed by atoms with Gasteiger partial charge in [0.25, 0.3) is 0 Å². The van der Waals surface area contributed by atoms with E-state index in [-0.39, 0.29) is 0 Å². The van der Waals surface area contributed by atoms with Gasteiger partial charge in [0, 0.05) is 24.5 Å². The van der Waals surface area contributed by atoms with Crippen molar-refractivity contribution >= 4 is 0 Å². The molecule has 0 spiro atoms. The lowest BCUT2D eigenvalue weighted by molar-refractivity contribution is 0.389. The first kappa shape index (κ1) is 12.9. The second kappa shape index (κ2) is 5.40. The van der Waals surface area contributed by atoms with Crippen molar-refractivity contribution in [3.8, 4) is 0 Å². The summed E-state index contributed by atoms with van der Waals surface area (Å²) in [6, 6.07) is 4.52. The number of nitrogens with one attached hydrogen (secondary N) is 1. The van der Waals surface area contributed by atoms with E-state index in [1.54, 1.807) is 0 Å². The first-order valence-electron chi connectivity index (χ1n) is 6.35. The van der Waals surface area contributed by atoms with Gasteiger partial charge in [0.05, 0.1) is 6.54 Å². The minimum absolute atomic E-state index is 0.394. The zero-order chi connectivity index (χ0) is 13.1. The molecule has 4 nitrogen and oxygen atoms in total. The quantitative estimate of drug-likeness (QED) is 0.883. The number of aryl methyl sites for hydroxylation is 1. The van der Waals surface area contributed by atoms with Crippen molar-refractivity contribution in [2.24, 2.45) is 5.92 Å². The van der Waals surface area contributed by atoms with E-state index in [9.17, 15) is 0 Å². The summed E-state index contributed by atoms with van der Waals surface area (Å²) in [6.07, 6.45) is 4.26. The van der Waals surface area contributed by atoms with Crippen LogP contribution in [0.2, 0.25) is 0 Å². The highest BCUT2D eigenvalue weighted by atomic mass is 16.5. The van der Waals surface area contributed by atoms with Crippen molar-refractivity contribution in [1.82, 2.24) is 15.0 Å². The molecule has 2 rings (SSSR count). The van der Waals surface area contributed by atoms with Crippen LogP contribution in [0.25, 0.3) is 0 Å². The molecule has 2 aromatic rings. The topological polar surface area (TPSA) is 43.0 Å². The van der Waals surface area contributed by atoms with Crippen molar-refractivity contribution in [3.05, 3.63) is 41.5 Å². The number of hydrogen-bond donors (Lipinski definition) is 1. The molecule has 0 aromatic carbocycles. The van der Waals surface area contributed by atoms with Gasteiger partial charge in [0.15, 0.2) is 0 Å². The van der Waals surface area contributed by atoms with Crippen molar-refractivity contribution in [2.75, 3.05) is 7.05 Å². The molecule has 0 radical (unpaired) electrons. The summed E-state index contributed by atoms with van der Waals surface area (Å²) >= 11 is 0. The summed E-state index contributed by atoms with van der Waals surface area (Å²) in [6.45, 7) is 7.11. The fourth-order valence-electron chi connectivity index (χ4n) is 2.31. The lowest BCUT2D eigenvalue weighted by atomic mass is 9.99. The fourth-order valence-corrected chi connectivity index (χ4v) is 2.31. The maximum atomic E-state index is 5.07. The van der Waals surface area contributed by atoms with Crippen LogP contribution in [0.1, 0.15) is 36.9 Å². The Kier molecular flexibility index (Phi) is 3.87. The lowest BCUT2D eigenvalue weighted by Crippen LogP contribution is -2.21. The molecule has 1 atom stereocenters. The smallest absolute Gasteiger partial charge is 0.133 e. The minimum Gasteiger partial charge on any atom is -0.361 e. The summed E-state index contributed by atoms with van der Waals surface area (Å²) in [5.74, 6) is 1.42. The molecule has 0 aliphatic rings. The molecular weight excluding hydrogens is 226 g/mol. The molecule has 0 saturated heterocycles. The van der Waals surface area contributed by atoms with Gasteiger partial charge in [-0.15, -0.1) is 0 Å². The second-order valence-corrected chi connectivity index (χ2v) is 5.06. The zero-order valence-corrected chi connectivity index (χ0v) is 11.5. The molecular formula is C14H21N3O. The van der Waals surface area contributed by atoms with Crippen LogP contribution in [0.15, 0.2) is 29.0 Å². The highest BCUT2D eigenvalue weighted by Crippen LogP contribution is 2.21. The van der Waals surface area contributed by atoms with E-state index in [0.29, 0.717) is 12.0 Å². The number of aromatic nitrogens is 2. The van der Waals surface area contributed by atoms with Crippen LogP contribution in [0.3, 0.4) is 0 Å². The van der Waals surface area contributed by atoms with Crippen LogP contribution in [-0.2, 0) is 6.54 Å². The molecule has 0 aliphatic heterocycles. The van der Waals surface area contributed by atoms with Gasteiger partial charge in [-0.2, -0.15) is 0 Å². The summed E-state index contributed by atoms with van der Waals surface area (Å²) in [5.41, 5.74) is 2.27. The lowest BCUT2D eigenvalue weighted by Gasteiger charge is -2.18. The van der Waals surface area contributed by atoms with Crippen LogP contribution >= 0.6 is 0 Å². The molecule has 18 heavy (non-hydrogen) atoms. The first-order chi connectivity index (χ1) is 8.60. The minimum atomic E-state index is 0.394. The van der Waals surface area contributed by atoms with Gasteiger partial charge < -0.3 is 14.4 Å². The van der Waals surface area contributed by atoms with Crippen molar-refractivity contribution in [3.63, 3.8) is 0 Å². The predicted molar refractivity (Wildman–Crippen MR) is 71.4 cm³/mol. The van der Waals surface area contributed by atoms with Gasteiger partial charge in [-0.05, 0) is 31.5 Å². The Hall–Kier alpha value is -1.55. The van der Waals surface area contributed by atoms with E-state index < -0.39 is 0 Å². The van der Waals surface area contributed by atoms with E-state index in [4.69, 9.17) is 4.52 Å². The van der Waals surface area contributed by atoms with Gasteiger partial charge >= 0.3 is 0 Å². The number of rotatable bonds is 5. The van der Waals surface area contributed by atoms with E-state index >= 15 is 0 Å². The van der Waals surface area contributed by atoms with Crippen LogP contribution in [0.5, 0.6) is 0 Å². The molecule has 1 N–H and O–H groups in total. The normalized spacial score (nSPS) is 13.2. The molecule has 0 amide bonds. The molecule has 0 aliphatic carbocycles. The van der Waals surface area contributed by atoms with Crippen molar-refractivity contribution < 1.29 is 4.52 Å². The molecule has 2 heterocycles. The molecule has 1 unspecified atom stereocenters. The Morgan fingerprint density at radius 2 is 2.22 bits per heavy atom. The highest BCUT2D eigenvalue weighted by Gasteiger charge is 2.14. The van der Waals surface area contributed by atoms with Crippen LogP contribution in [0.4, 0.5) is 0 Å². The predicted octanol–water partition coefficient (Wildman–Crippen LogP) is 2.75. The maximum absolute atomic E-state index is 5.07. The zero-order valence-electron chi connectivity index (χ0n) is 11.5. The SMILES string of the molecule is CNC(c1ccn(Cc2cc(C)on2)c1)C(C)C. The van der Waals surface area contributed by atoms with E-state index in [1.165, 1.54) is 5.56 Å². The standard InChI is InChI=1S/C14H21N3O/c1-10(2)14(15-4)12-5-6-17(8-12)9-13-7-11(3)18-16-13/h5-8,10,14-15H,9H2,1-4H3. The van der Waals surface area contributed by atoms with Crippen LogP contribution < -0.4 is 5.32 Å². The third-order valence-electron chi connectivity index (χ3n) is 3.13. The monoisotopic (exact) mass is 247 g/mol. The average molecular weight is 247 g/mol. The van der Waals surface area contributed by atoms with Gasteiger partial charge in [-0.1, -0.05) is 19.0 Å². The molecule has 0 fully saturated rings. The van der Waals surface area contributed by atoms with Gasteiger partial charge in [0.1, 0.15) is 11.5 Å². The average Bonchev–Trinajstić information content (AvgIpc) is 2.90. The van der Waals surface area contributed by atoms with Crippen LogP contribution in [0, 0.1) is 12.8 Å². The summed E-state index contributed by atoms with van der Waals surface area (Å²) in [5, 5.41) is 7.36. The third-order valence-corrected chi connectivity index (χ3v) is 3.13. The van der Waals surface area contributed by atoms with Crippen molar-refractivity contribution in [2.45, 2.75) is 33.4 Å². The van der Waals surface area contributed by atoms with Gasteiger partial charge in [-0.3, -0.25) is 0 Å². The van der Waals surface area contributed by atoms with E-state index in [0.717, 1.165) is 18.0 Å². The second-order valence-electron chi connectivity index (χ2n) is 5.06. The number of nitrogens with zero attached hydrogens (tertiary/aromatic N) is 2. The Morgan fingerprint density at radius 1 is 1.44 bits per heavy atom. The molecule has 2 aromatic heterocycles. The molecule has 98 valence electrons. The number of hydrogen-bond acceptors (Lipinski definition) is 3. The Bertz CT molecular complexity index is 499. The Balaban J connectivity index is 2.10. The molecule has 4 heteroatoms. The summed E-state index contributed by atoms with van der Waals surface area (Å²) < 4.78 is 7.21. The maximum Gasteiger partial charge on any atom is 0.133 e. The van der Waals surface area contributed by atoms with E-state index in [1.807, 2.05) is 20.0 Å². The Labute approximate surface area is 108 Å². The summed E-state index contributed by atoms with van der Waals surface area (Å²) in [4.78, 5) is 0. The molecule has 0 saturated carbocycles. The fraction of sp³-hybridized carbons (Fsp3) is 0.500. The van der Waals surface area contributed by atoms with Crippen LogP contribution in [-0.4, -0.2) is 16.8 Å².